The van der Waals surface area contributed by atoms with Gasteiger partial charge in [0.2, 0.25) is 0 Å². The summed E-state index contributed by atoms with van der Waals surface area (Å²) >= 11 is 0. The normalized spacial score (nSPS) is 12.3. The second-order valence-corrected chi connectivity index (χ2v) is 4.70. The number of methoxy groups -OCH3 is 1. The highest BCUT2D eigenvalue weighted by atomic mass is 16.5. The van der Waals surface area contributed by atoms with Crippen molar-refractivity contribution in [3.63, 3.8) is 0 Å². The first-order chi connectivity index (χ1) is 9.61. The molecule has 1 unspecified atom stereocenters. The van der Waals surface area contributed by atoms with Crippen molar-refractivity contribution in [2.45, 2.75) is 19.5 Å². The van der Waals surface area contributed by atoms with E-state index in [-0.39, 0.29) is 11.6 Å². The number of ether oxygens (including phenoxy) is 1. The van der Waals surface area contributed by atoms with Crippen molar-refractivity contribution in [2.24, 2.45) is 5.73 Å². The lowest BCUT2D eigenvalue weighted by Gasteiger charge is -2.13. The molecule has 2 aromatic rings. The van der Waals surface area contributed by atoms with Crippen LogP contribution < -0.4 is 11.3 Å². The molecule has 2 rings (SSSR count). The van der Waals surface area contributed by atoms with Crippen molar-refractivity contribution in [2.75, 3.05) is 13.7 Å². The van der Waals surface area contributed by atoms with Crippen LogP contribution in [0, 0.1) is 6.92 Å². The van der Waals surface area contributed by atoms with Gasteiger partial charge in [-0.3, -0.25) is 4.79 Å². The van der Waals surface area contributed by atoms with Crippen LogP contribution in [0.4, 0.5) is 0 Å². The van der Waals surface area contributed by atoms with Gasteiger partial charge in [-0.2, -0.15) is 5.10 Å². The molecule has 0 saturated carbocycles. The zero-order valence-electron chi connectivity index (χ0n) is 11.7. The molecule has 1 heterocycles. The average Bonchev–Trinajstić information content (AvgIpc) is 2.46. The van der Waals surface area contributed by atoms with E-state index in [1.165, 1.54) is 16.3 Å². The molecule has 1 atom stereocenters. The number of hydrogen-bond donors (Lipinski definition) is 1. The third kappa shape index (κ3) is 3.31. The SMILES string of the molecule is COCCn1nc(C(N)c2ccc(C)cc2)ccc1=O. The second kappa shape index (κ2) is 6.45. The largest absolute Gasteiger partial charge is 0.383 e. The van der Waals surface area contributed by atoms with Gasteiger partial charge in [0.15, 0.2) is 0 Å². The van der Waals surface area contributed by atoms with E-state index in [2.05, 4.69) is 5.10 Å². The highest BCUT2D eigenvalue weighted by molar-refractivity contribution is 5.29. The monoisotopic (exact) mass is 273 g/mol. The molecule has 0 bridgehead atoms. The van der Waals surface area contributed by atoms with Gasteiger partial charge in [-0.15, -0.1) is 0 Å². The van der Waals surface area contributed by atoms with Gasteiger partial charge < -0.3 is 10.5 Å². The Hall–Kier alpha value is -1.98. The van der Waals surface area contributed by atoms with Crippen LogP contribution in [0.25, 0.3) is 0 Å². The molecule has 0 aliphatic heterocycles. The first-order valence-electron chi connectivity index (χ1n) is 6.51. The Bertz CT molecular complexity index is 620. The third-order valence-corrected chi connectivity index (χ3v) is 3.15. The molecule has 0 amide bonds. The van der Waals surface area contributed by atoms with E-state index in [9.17, 15) is 4.79 Å². The fraction of sp³-hybridized carbons (Fsp3) is 0.333. The molecule has 106 valence electrons. The molecule has 0 saturated heterocycles. The number of nitrogens with two attached hydrogens (primary N) is 1. The van der Waals surface area contributed by atoms with Gasteiger partial charge >= 0.3 is 0 Å². The molecule has 5 nitrogen and oxygen atoms in total. The van der Waals surface area contributed by atoms with Crippen molar-refractivity contribution >= 4 is 0 Å². The zero-order valence-corrected chi connectivity index (χ0v) is 11.7. The molecule has 0 fully saturated rings. The number of aromatic nitrogens is 2. The Morgan fingerprint density at radius 1 is 1.25 bits per heavy atom. The minimum absolute atomic E-state index is 0.151. The molecule has 1 aromatic heterocycles. The topological polar surface area (TPSA) is 70.1 Å². The Morgan fingerprint density at radius 3 is 2.60 bits per heavy atom. The summed E-state index contributed by atoms with van der Waals surface area (Å²) in [6.45, 7) is 2.89. The number of nitrogens with zero attached hydrogens (tertiary/aromatic N) is 2. The van der Waals surface area contributed by atoms with Crippen LogP contribution in [0.15, 0.2) is 41.2 Å². The summed E-state index contributed by atoms with van der Waals surface area (Å²) < 4.78 is 6.35. The zero-order chi connectivity index (χ0) is 14.5. The minimum Gasteiger partial charge on any atom is -0.383 e. The predicted octanol–water partition coefficient (Wildman–Crippen LogP) is 1.25. The second-order valence-electron chi connectivity index (χ2n) is 4.70. The third-order valence-electron chi connectivity index (χ3n) is 3.15. The Kier molecular flexibility index (Phi) is 4.65. The summed E-state index contributed by atoms with van der Waals surface area (Å²) in [5.74, 6) is 0. The Balaban J connectivity index is 2.27. The lowest BCUT2D eigenvalue weighted by Crippen LogP contribution is -2.27. The van der Waals surface area contributed by atoms with Gasteiger partial charge in [0.1, 0.15) is 0 Å². The summed E-state index contributed by atoms with van der Waals surface area (Å²) in [6.07, 6.45) is 0. The van der Waals surface area contributed by atoms with Crippen LogP contribution in [-0.4, -0.2) is 23.5 Å². The molecular weight excluding hydrogens is 254 g/mol. The van der Waals surface area contributed by atoms with Crippen molar-refractivity contribution in [3.05, 3.63) is 63.6 Å². The van der Waals surface area contributed by atoms with E-state index < -0.39 is 0 Å². The molecule has 0 radical (unpaired) electrons. The Labute approximate surface area is 118 Å². The first-order valence-corrected chi connectivity index (χ1v) is 6.51. The Morgan fingerprint density at radius 2 is 1.95 bits per heavy atom. The van der Waals surface area contributed by atoms with Crippen molar-refractivity contribution < 1.29 is 4.74 Å². The van der Waals surface area contributed by atoms with Gasteiger partial charge in [-0.05, 0) is 18.6 Å². The maximum Gasteiger partial charge on any atom is 0.266 e. The molecule has 2 N–H and O–H groups in total. The molecule has 5 heteroatoms. The first kappa shape index (κ1) is 14.4. The molecule has 0 aliphatic carbocycles. The highest BCUT2D eigenvalue weighted by Crippen LogP contribution is 2.17. The smallest absolute Gasteiger partial charge is 0.266 e. The van der Waals surface area contributed by atoms with Crippen LogP contribution in [-0.2, 0) is 11.3 Å². The standard InChI is InChI=1S/C15H19N3O2/c1-11-3-5-12(6-4-11)15(16)13-7-8-14(19)18(17-13)9-10-20-2/h3-8,15H,9-10,16H2,1-2H3. The van der Waals surface area contributed by atoms with Crippen molar-refractivity contribution in [3.8, 4) is 0 Å². The van der Waals surface area contributed by atoms with E-state index in [1.807, 2.05) is 31.2 Å². The summed E-state index contributed by atoms with van der Waals surface area (Å²) in [5.41, 5.74) is 8.88. The summed E-state index contributed by atoms with van der Waals surface area (Å²) in [6, 6.07) is 10.8. The number of aryl methyl sites for hydroxylation is 1. The van der Waals surface area contributed by atoms with Crippen LogP contribution in [0.1, 0.15) is 22.9 Å². The number of rotatable bonds is 5. The lowest BCUT2D eigenvalue weighted by atomic mass is 10.0. The van der Waals surface area contributed by atoms with E-state index in [0.717, 1.165) is 5.56 Å². The van der Waals surface area contributed by atoms with Crippen molar-refractivity contribution in [1.82, 2.24) is 9.78 Å². The lowest BCUT2D eigenvalue weighted by molar-refractivity contribution is 0.181. The molecule has 0 spiro atoms. The maximum absolute atomic E-state index is 11.7. The van der Waals surface area contributed by atoms with Gasteiger partial charge in [-0.25, -0.2) is 4.68 Å². The van der Waals surface area contributed by atoms with E-state index in [0.29, 0.717) is 18.8 Å². The van der Waals surface area contributed by atoms with E-state index in [4.69, 9.17) is 10.5 Å². The van der Waals surface area contributed by atoms with Crippen LogP contribution >= 0.6 is 0 Å². The summed E-state index contributed by atoms with van der Waals surface area (Å²) in [5, 5.41) is 4.31. The van der Waals surface area contributed by atoms with Gasteiger partial charge in [-0.1, -0.05) is 29.8 Å². The van der Waals surface area contributed by atoms with Gasteiger partial charge in [0.25, 0.3) is 5.56 Å². The van der Waals surface area contributed by atoms with E-state index in [1.54, 1.807) is 13.2 Å². The fourth-order valence-corrected chi connectivity index (χ4v) is 1.91. The summed E-state index contributed by atoms with van der Waals surface area (Å²) in [4.78, 5) is 11.7. The molecule has 20 heavy (non-hydrogen) atoms. The molecule has 0 aliphatic rings. The number of hydrogen-bond acceptors (Lipinski definition) is 4. The quantitative estimate of drug-likeness (QED) is 0.890. The van der Waals surface area contributed by atoms with Gasteiger partial charge in [0, 0.05) is 13.2 Å². The van der Waals surface area contributed by atoms with Crippen LogP contribution in [0.5, 0.6) is 0 Å². The minimum atomic E-state index is -0.343. The fourth-order valence-electron chi connectivity index (χ4n) is 1.91. The molecular formula is C15H19N3O2. The van der Waals surface area contributed by atoms with Crippen LogP contribution in [0.2, 0.25) is 0 Å². The van der Waals surface area contributed by atoms with Crippen LogP contribution in [0.3, 0.4) is 0 Å². The maximum atomic E-state index is 11.7. The van der Waals surface area contributed by atoms with Crippen molar-refractivity contribution in [1.29, 1.82) is 0 Å². The average molecular weight is 273 g/mol. The highest BCUT2D eigenvalue weighted by Gasteiger charge is 2.11. The summed E-state index contributed by atoms with van der Waals surface area (Å²) in [7, 11) is 1.59. The predicted molar refractivity (Wildman–Crippen MR) is 77.6 cm³/mol. The van der Waals surface area contributed by atoms with E-state index >= 15 is 0 Å². The van der Waals surface area contributed by atoms with Gasteiger partial charge in [0.05, 0.1) is 24.9 Å². The molecule has 1 aromatic carbocycles. The number of benzene rings is 1.